The summed E-state index contributed by atoms with van der Waals surface area (Å²) >= 11 is 0. The number of hydrogen-bond acceptors (Lipinski definition) is 6. The van der Waals surface area contributed by atoms with E-state index in [0.29, 0.717) is 17.0 Å². The van der Waals surface area contributed by atoms with Crippen molar-refractivity contribution in [2.24, 2.45) is 0 Å². The van der Waals surface area contributed by atoms with Crippen LogP contribution in [0.15, 0.2) is 60.1 Å². The first-order valence-corrected chi connectivity index (χ1v) is 9.12. The van der Waals surface area contributed by atoms with Crippen molar-refractivity contribution in [2.45, 2.75) is 6.92 Å². The second-order valence-electron chi connectivity index (χ2n) is 6.17. The zero-order valence-electron chi connectivity index (χ0n) is 16.4. The lowest BCUT2D eigenvalue weighted by atomic mass is 10.2. The number of halogens is 1. The van der Waals surface area contributed by atoms with Gasteiger partial charge in [-0.3, -0.25) is 4.79 Å². The van der Waals surface area contributed by atoms with Crippen LogP contribution in [0.1, 0.15) is 6.92 Å². The van der Waals surface area contributed by atoms with E-state index in [1.807, 2.05) is 0 Å². The number of rotatable bonds is 7. The van der Waals surface area contributed by atoms with Gasteiger partial charge < -0.3 is 25.2 Å². The Bertz CT molecular complexity index is 1140. The summed E-state index contributed by atoms with van der Waals surface area (Å²) in [6.07, 6.45) is 4.29. The molecule has 30 heavy (non-hydrogen) atoms. The maximum atomic E-state index is 13.1. The predicted molar refractivity (Wildman–Crippen MR) is 111 cm³/mol. The van der Waals surface area contributed by atoms with Gasteiger partial charge in [-0.05, 0) is 37.3 Å². The molecule has 0 spiro atoms. The van der Waals surface area contributed by atoms with Crippen molar-refractivity contribution < 1.29 is 18.7 Å². The smallest absolute Gasteiger partial charge is 0.342 e. The Hall–Kier alpha value is -4.01. The molecule has 9 heteroatoms. The second kappa shape index (κ2) is 8.99. The molecule has 154 valence electrons. The molecular weight excluding hydrogens is 389 g/mol. The number of ether oxygens (including phenoxy) is 1. The molecule has 8 nitrogen and oxygen atoms in total. The molecule has 1 amide bonds. The van der Waals surface area contributed by atoms with Gasteiger partial charge in [-0.25, -0.2) is 14.2 Å². The Morgan fingerprint density at radius 3 is 2.63 bits per heavy atom. The highest BCUT2D eigenvalue weighted by molar-refractivity contribution is 6.17. The molecule has 0 aliphatic carbocycles. The summed E-state index contributed by atoms with van der Waals surface area (Å²) < 4.78 is 19.8. The fourth-order valence-electron chi connectivity index (χ4n) is 2.83. The molecule has 0 fully saturated rings. The minimum Gasteiger partial charge on any atom is -0.462 e. The maximum absolute atomic E-state index is 13.1. The molecule has 3 aromatic rings. The van der Waals surface area contributed by atoms with Crippen molar-refractivity contribution in [1.29, 1.82) is 5.41 Å². The molecule has 0 bridgehead atoms. The van der Waals surface area contributed by atoms with Crippen molar-refractivity contribution >= 4 is 29.4 Å². The summed E-state index contributed by atoms with van der Waals surface area (Å²) in [7, 11) is 1.48. The first-order valence-electron chi connectivity index (χ1n) is 9.12. The van der Waals surface area contributed by atoms with E-state index in [1.54, 1.807) is 48.0 Å². The highest BCUT2D eigenvalue weighted by Crippen LogP contribution is 2.21. The molecule has 0 atom stereocenters. The van der Waals surface area contributed by atoms with Gasteiger partial charge >= 0.3 is 5.97 Å². The SMILES string of the molecule is CCOC(=O)/C(C=N)=C(/NC)C(=O)Nc1ccn2cc(-c3ccc(F)cc3)nc2c1. The second-order valence-corrected chi connectivity index (χ2v) is 6.17. The number of carbonyl (C=O) groups is 2. The van der Waals surface area contributed by atoms with Crippen LogP contribution < -0.4 is 10.6 Å². The highest BCUT2D eigenvalue weighted by atomic mass is 19.1. The first-order chi connectivity index (χ1) is 14.5. The van der Waals surface area contributed by atoms with E-state index >= 15 is 0 Å². The Labute approximate surface area is 171 Å². The van der Waals surface area contributed by atoms with Crippen LogP contribution in [0.4, 0.5) is 10.1 Å². The number of hydrogen-bond donors (Lipinski definition) is 3. The topological polar surface area (TPSA) is 109 Å². The molecule has 0 saturated carbocycles. The van der Waals surface area contributed by atoms with Crippen LogP contribution in [-0.4, -0.2) is 41.1 Å². The van der Waals surface area contributed by atoms with Gasteiger partial charge in [-0.1, -0.05) is 0 Å². The number of aromatic nitrogens is 2. The van der Waals surface area contributed by atoms with E-state index < -0.39 is 11.9 Å². The summed E-state index contributed by atoms with van der Waals surface area (Å²) in [6, 6.07) is 9.33. The Balaban J connectivity index is 1.87. The van der Waals surface area contributed by atoms with E-state index in [4.69, 9.17) is 10.1 Å². The number of likely N-dealkylation sites (N-methyl/N-ethyl adjacent to an activating group) is 1. The highest BCUT2D eigenvalue weighted by Gasteiger charge is 2.20. The van der Waals surface area contributed by atoms with E-state index in [9.17, 15) is 14.0 Å². The van der Waals surface area contributed by atoms with Crippen molar-refractivity contribution in [3.05, 3.63) is 65.9 Å². The van der Waals surface area contributed by atoms with Crippen LogP contribution >= 0.6 is 0 Å². The number of nitrogens with zero attached hydrogens (tertiary/aromatic N) is 2. The number of nitrogens with one attached hydrogen (secondary N) is 3. The minimum absolute atomic E-state index is 0.0846. The largest absolute Gasteiger partial charge is 0.462 e. The molecule has 3 rings (SSSR count). The minimum atomic E-state index is -0.764. The molecule has 0 aliphatic rings. The average molecular weight is 409 g/mol. The van der Waals surface area contributed by atoms with Crippen LogP contribution in [0.5, 0.6) is 0 Å². The fraction of sp³-hybridized carbons (Fsp3) is 0.143. The number of imidazole rings is 1. The number of carbonyl (C=O) groups excluding carboxylic acids is 2. The summed E-state index contributed by atoms with van der Waals surface area (Å²) in [5, 5.41) is 12.8. The summed E-state index contributed by atoms with van der Waals surface area (Å²) in [6.45, 7) is 1.76. The quantitative estimate of drug-likeness (QED) is 0.316. The summed E-state index contributed by atoms with van der Waals surface area (Å²) in [4.78, 5) is 29.1. The van der Waals surface area contributed by atoms with Gasteiger partial charge in [-0.15, -0.1) is 0 Å². The van der Waals surface area contributed by atoms with Gasteiger partial charge in [-0.2, -0.15) is 0 Å². The average Bonchev–Trinajstić information content (AvgIpc) is 3.15. The molecule has 3 N–H and O–H groups in total. The van der Waals surface area contributed by atoms with Gasteiger partial charge in [0.2, 0.25) is 0 Å². The molecule has 1 aromatic carbocycles. The molecular formula is C21H20FN5O3. The lowest BCUT2D eigenvalue weighted by molar-refractivity contribution is -0.138. The van der Waals surface area contributed by atoms with E-state index in [-0.39, 0.29) is 23.7 Å². The number of benzene rings is 1. The summed E-state index contributed by atoms with van der Waals surface area (Å²) in [5.41, 5.74) is 2.17. The van der Waals surface area contributed by atoms with Gasteiger partial charge in [0.15, 0.2) is 0 Å². The van der Waals surface area contributed by atoms with Crippen LogP contribution in [0, 0.1) is 11.2 Å². The maximum Gasteiger partial charge on any atom is 0.342 e. The van der Waals surface area contributed by atoms with Gasteiger partial charge in [0.1, 0.15) is 22.7 Å². The monoisotopic (exact) mass is 409 g/mol. The van der Waals surface area contributed by atoms with Crippen molar-refractivity contribution in [3.63, 3.8) is 0 Å². The number of anilines is 1. The fourth-order valence-corrected chi connectivity index (χ4v) is 2.83. The van der Waals surface area contributed by atoms with Gasteiger partial charge in [0, 0.05) is 43.0 Å². The lowest BCUT2D eigenvalue weighted by Crippen LogP contribution is -2.28. The third-order valence-corrected chi connectivity index (χ3v) is 4.24. The predicted octanol–water partition coefficient (Wildman–Crippen LogP) is 2.77. The lowest BCUT2D eigenvalue weighted by Gasteiger charge is -2.12. The molecule has 0 unspecified atom stereocenters. The Morgan fingerprint density at radius 2 is 2.00 bits per heavy atom. The molecule has 2 aromatic heterocycles. The zero-order chi connectivity index (χ0) is 21.7. The normalized spacial score (nSPS) is 11.6. The van der Waals surface area contributed by atoms with Crippen LogP contribution in [0.2, 0.25) is 0 Å². The number of amides is 1. The molecule has 0 aliphatic heterocycles. The first kappa shape index (κ1) is 20.7. The third kappa shape index (κ3) is 4.35. The van der Waals surface area contributed by atoms with Gasteiger partial charge in [0.05, 0.1) is 12.3 Å². The van der Waals surface area contributed by atoms with Crippen LogP contribution in [-0.2, 0) is 14.3 Å². The standard InChI is InChI=1S/C21H20FN5O3/c1-3-30-21(29)16(11-23)19(24-2)20(28)25-15-8-9-27-12-17(26-18(27)10-15)13-4-6-14(22)7-5-13/h4-12,23-24H,3H2,1-2H3,(H,25,28)/b19-16+,23-11?. The Morgan fingerprint density at radius 1 is 1.27 bits per heavy atom. The van der Waals surface area contributed by atoms with E-state index in [2.05, 4.69) is 15.6 Å². The van der Waals surface area contributed by atoms with Crippen molar-refractivity contribution in [2.75, 3.05) is 19.0 Å². The Kier molecular flexibility index (Phi) is 6.21. The van der Waals surface area contributed by atoms with Gasteiger partial charge in [0.25, 0.3) is 5.91 Å². The molecule has 0 saturated heterocycles. The molecule has 0 radical (unpaired) electrons. The summed E-state index contributed by atoms with van der Waals surface area (Å²) in [5.74, 6) is -1.69. The van der Waals surface area contributed by atoms with E-state index in [0.717, 1.165) is 11.8 Å². The van der Waals surface area contributed by atoms with Crippen LogP contribution in [0.3, 0.4) is 0 Å². The molecule has 2 heterocycles. The van der Waals surface area contributed by atoms with E-state index in [1.165, 1.54) is 19.2 Å². The third-order valence-electron chi connectivity index (χ3n) is 4.24. The van der Waals surface area contributed by atoms with Crippen molar-refractivity contribution in [1.82, 2.24) is 14.7 Å². The number of esters is 1. The van der Waals surface area contributed by atoms with Crippen LogP contribution in [0.25, 0.3) is 16.9 Å². The number of pyridine rings is 1. The zero-order valence-corrected chi connectivity index (χ0v) is 16.4. The number of fused-ring (bicyclic) bond motifs is 1. The van der Waals surface area contributed by atoms with Crippen molar-refractivity contribution in [3.8, 4) is 11.3 Å².